The number of hydrogen-bond acceptors (Lipinski definition) is 2. The summed E-state index contributed by atoms with van der Waals surface area (Å²) in [5, 5.41) is 8.73. The van der Waals surface area contributed by atoms with Crippen LogP contribution in [0.5, 0.6) is 0 Å². The lowest BCUT2D eigenvalue weighted by atomic mass is 9.93. The van der Waals surface area contributed by atoms with Crippen LogP contribution in [-0.2, 0) is 4.79 Å². The molecule has 1 aromatic rings. The third kappa shape index (κ3) is 3.38. The van der Waals surface area contributed by atoms with Crippen molar-refractivity contribution in [3.63, 3.8) is 0 Å². The van der Waals surface area contributed by atoms with E-state index in [2.05, 4.69) is 0 Å². The van der Waals surface area contributed by atoms with Crippen LogP contribution in [0.2, 0.25) is 0 Å². The summed E-state index contributed by atoms with van der Waals surface area (Å²) in [5.74, 6) is -1.33. The number of carboxylic acids is 1. The molecule has 3 nitrogen and oxygen atoms in total. The Bertz CT molecular complexity index is 507. The molecule has 20 heavy (non-hydrogen) atoms. The molecular weight excluding hydrogens is 257 g/mol. The number of aliphatic carboxylic acids is 1. The number of benzene rings is 1. The van der Waals surface area contributed by atoms with Gasteiger partial charge < -0.3 is 10.0 Å². The van der Waals surface area contributed by atoms with Crippen LogP contribution in [0.1, 0.15) is 37.7 Å². The maximum atomic E-state index is 14.2. The topological polar surface area (TPSA) is 40.5 Å². The van der Waals surface area contributed by atoms with Gasteiger partial charge in [0.1, 0.15) is 5.82 Å². The summed E-state index contributed by atoms with van der Waals surface area (Å²) in [5.41, 5.74) is 1.11. The van der Waals surface area contributed by atoms with Crippen molar-refractivity contribution in [3.05, 3.63) is 35.7 Å². The standard InChI is InChI=1S/C16H20FNO2/c1-18(13-7-3-2-4-8-13)16-12(10-11-15(19)20)6-5-9-14(16)17/h5-6,9-11,13H,2-4,7-8H2,1H3,(H,19,20)/b11-10+. The molecule has 0 unspecified atom stereocenters. The highest BCUT2D eigenvalue weighted by molar-refractivity contribution is 5.87. The first kappa shape index (κ1) is 14.6. The maximum Gasteiger partial charge on any atom is 0.328 e. The van der Waals surface area contributed by atoms with Gasteiger partial charge in [0.15, 0.2) is 0 Å². The van der Waals surface area contributed by atoms with Gasteiger partial charge in [0.25, 0.3) is 0 Å². The molecule has 0 amide bonds. The van der Waals surface area contributed by atoms with Crippen LogP contribution in [0.4, 0.5) is 10.1 Å². The summed E-state index contributed by atoms with van der Waals surface area (Å²) >= 11 is 0. The number of hydrogen-bond donors (Lipinski definition) is 1. The Morgan fingerprint density at radius 2 is 2.05 bits per heavy atom. The van der Waals surface area contributed by atoms with Crippen LogP contribution in [0.25, 0.3) is 6.08 Å². The molecule has 0 bridgehead atoms. The quantitative estimate of drug-likeness (QED) is 0.853. The Balaban J connectivity index is 2.30. The second kappa shape index (κ2) is 6.55. The van der Waals surface area contributed by atoms with Crippen LogP contribution in [0.3, 0.4) is 0 Å². The van der Waals surface area contributed by atoms with Gasteiger partial charge in [-0.3, -0.25) is 0 Å². The van der Waals surface area contributed by atoms with E-state index in [1.54, 1.807) is 12.1 Å². The lowest BCUT2D eigenvalue weighted by Crippen LogP contribution is -2.34. The van der Waals surface area contributed by atoms with Crippen molar-refractivity contribution in [2.75, 3.05) is 11.9 Å². The normalized spacial score (nSPS) is 16.5. The van der Waals surface area contributed by atoms with E-state index in [9.17, 15) is 9.18 Å². The molecule has 0 aliphatic heterocycles. The highest BCUT2D eigenvalue weighted by atomic mass is 19.1. The number of anilines is 1. The second-order valence-electron chi connectivity index (χ2n) is 5.25. The molecule has 0 saturated heterocycles. The molecular formula is C16H20FNO2. The third-order valence-corrected chi connectivity index (χ3v) is 3.90. The summed E-state index contributed by atoms with van der Waals surface area (Å²) in [6.07, 6.45) is 8.22. The fourth-order valence-electron chi connectivity index (χ4n) is 2.85. The first-order valence-corrected chi connectivity index (χ1v) is 7.02. The number of para-hydroxylation sites is 1. The molecule has 1 saturated carbocycles. The molecule has 1 aromatic carbocycles. The molecule has 4 heteroatoms. The van der Waals surface area contributed by atoms with Gasteiger partial charge in [0.05, 0.1) is 5.69 Å². The fourth-order valence-corrected chi connectivity index (χ4v) is 2.85. The summed E-state index contributed by atoms with van der Waals surface area (Å²) in [6, 6.07) is 5.11. The monoisotopic (exact) mass is 277 g/mol. The number of carbonyl (C=O) groups is 1. The molecule has 2 rings (SSSR count). The van der Waals surface area contributed by atoms with Crippen LogP contribution in [0.15, 0.2) is 24.3 Å². The predicted molar refractivity (Wildman–Crippen MR) is 78.3 cm³/mol. The van der Waals surface area contributed by atoms with Gasteiger partial charge in [-0.05, 0) is 25.0 Å². The number of nitrogens with zero attached hydrogens (tertiary/aromatic N) is 1. The Hall–Kier alpha value is -1.84. The van der Waals surface area contributed by atoms with Gasteiger partial charge in [-0.1, -0.05) is 31.4 Å². The van der Waals surface area contributed by atoms with E-state index in [1.165, 1.54) is 31.4 Å². The van der Waals surface area contributed by atoms with Crippen molar-refractivity contribution < 1.29 is 14.3 Å². The van der Waals surface area contributed by atoms with Crippen molar-refractivity contribution in [2.24, 2.45) is 0 Å². The lowest BCUT2D eigenvalue weighted by Gasteiger charge is -2.34. The number of rotatable bonds is 4. The Morgan fingerprint density at radius 1 is 1.35 bits per heavy atom. The van der Waals surface area contributed by atoms with E-state index in [0.717, 1.165) is 18.9 Å². The van der Waals surface area contributed by atoms with Crippen LogP contribution < -0.4 is 4.90 Å². The second-order valence-corrected chi connectivity index (χ2v) is 5.25. The summed E-state index contributed by atoms with van der Waals surface area (Å²) in [7, 11) is 1.90. The largest absolute Gasteiger partial charge is 0.478 e. The lowest BCUT2D eigenvalue weighted by molar-refractivity contribution is -0.131. The molecule has 1 N–H and O–H groups in total. The zero-order valence-corrected chi connectivity index (χ0v) is 11.7. The van der Waals surface area contributed by atoms with E-state index in [4.69, 9.17) is 5.11 Å². The Morgan fingerprint density at radius 3 is 2.70 bits per heavy atom. The van der Waals surface area contributed by atoms with Crippen LogP contribution >= 0.6 is 0 Å². The summed E-state index contributed by atoms with van der Waals surface area (Å²) in [6.45, 7) is 0. The van der Waals surface area contributed by atoms with Crippen molar-refractivity contribution in [1.82, 2.24) is 0 Å². The Labute approximate surface area is 118 Å². The molecule has 1 aliphatic carbocycles. The minimum absolute atomic E-state index is 0.300. The van der Waals surface area contributed by atoms with E-state index in [-0.39, 0.29) is 5.82 Å². The van der Waals surface area contributed by atoms with Gasteiger partial charge in [-0.2, -0.15) is 0 Å². The molecule has 0 heterocycles. The molecule has 0 spiro atoms. The maximum absolute atomic E-state index is 14.2. The highest BCUT2D eigenvalue weighted by Gasteiger charge is 2.22. The molecule has 0 radical (unpaired) electrons. The average molecular weight is 277 g/mol. The van der Waals surface area contributed by atoms with Crippen LogP contribution in [0, 0.1) is 5.82 Å². The van der Waals surface area contributed by atoms with Crippen molar-refractivity contribution in [2.45, 2.75) is 38.1 Å². The van der Waals surface area contributed by atoms with Crippen molar-refractivity contribution >= 4 is 17.7 Å². The van der Waals surface area contributed by atoms with E-state index < -0.39 is 5.97 Å². The fraction of sp³-hybridized carbons (Fsp3) is 0.438. The molecule has 0 aromatic heterocycles. The van der Waals surface area contributed by atoms with E-state index in [1.807, 2.05) is 11.9 Å². The molecule has 108 valence electrons. The van der Waals surface area contributed by atoms with E-state index >= 15 is 0 Å². The van der Waals surface area contributed by atoms with Gasteiger partial charge in [-0.25, -0.2) is 9.18 Å². The average Bonchev–Trinajstić information content (AvgIpc) is 2.45. The first-order chi connectivity index (χ1) is 9.59. The minimum Gasteiger partial charge on any atom is -0.478 e. The molecule has 0 atom stereocenters. The van der Waals surface area contributed by atoms with Crippen LogP contribution in [-0.4, -0.2) is 24.2 Å². The van der Waals surface area contributed by atoms with Gasteiger partial charge >= 0.3 is 5.97 Å². The van der Waals surface area contributed by atoms with Crippen molar-refractivity contribution in [1.29, 1.82) is 0 Å². The smallest absolute Gasteiger partial charge is 0.328 e. The summed E-state index contributed by atoms with van der Waals surface area (Å²) < 4.78 is 14.2. The summed E-state index contributed by atoms with van der Waals surface area (Å²) in [4.78, 5) is 12.6. The zero-order chi connectivity index (χ0) is 14.5. The van der Waals surface area contributed by atoms with Gasteiger partial charge in [0, 0.05) is 24.7 Å². The minimum atomic E-state index is -1.03. The molecule has 1 aliphatic rings. The van der Waals surface area contributed by atoms with Crippen molar-refractivity contribution in [3.8, 4) is 0 Å². The zero-order valence-electron chi connectivity index (χ0n) is 11.7. The SMILES string of the molecule is CN(c1c(F)cccc1/C=C/C(=O)O)C1CCCCC1. The van der Waals surface area contributed by atoms with Gasteiger partial charge in [-0.15, -0.1) is 0 Å². The molecule has 1 fully saturated rings. The highest BCUT2D eigenvalue weighted by Crippen LogP contribution is 2.31. The third-order valence-electron chi connectivity index (χ3n) is 3.90. The predicted octanol–water partition coefficient (Wildman–Crippen LogP) is 3.69. The number of halogens is 1. The first-order valence-electron chi connectivity index (χ1n) is 7.02. The van der Waals surface area contributed by atoms with E-state index in [0.29, 0.717) is 17.3 Å². The number of carboxylic acid groups (broad SMARTS) is 1. The Kier molecular flexibility index (Phi) is 4.77. The van der Waals surface area contributed by atoms with Gasteiger partial charge in [0.2, 0.25) is 0 Å².